The van der Waals surface area contributed by atoms with Gasteiger partial charge in [-0.25, -0.2) is 0 Å². The van der Waals surface area contributed by atoms with Crippen molar-refractivity contribution in [1.29, 1.82) is 0 Å². The van der Waals surface area contributed by atoms with Crippen LogP contribution in [-0.4, -0.2) is 50.3 Å². The molecular formula is C13H21N7. The molecule has 1 saturated heterocycles. The standard InChI is InChI=1S/C13H21N7/c1-3-20-6-4-5-9(8-20)16-13-17-11(14)10-7-15-19(2)12(10)18-13/h7,9H,3-6,8H2,1-2H3,(H3,14,16,17,18). The van der Waals surface area contributed by atoms with Gasteiger partial charge in [0.15, 0.2) is 5.65 Å². The van der Waals surface area contributed by atoms with Crippen LogP contribution in [0.25, 0.3) is 11.0 Å². The van der Waals surface area contributed by atoms with Crippen LogP contribution >= 0.6 is 0 Å². The molecule has 3 rings (SSSR count). The highest BCUT2D eigenvalue weighted by molar-refractivity contribution is 5.86. The first kappa shape index (κ1) is 13.1. The molecule has 0 bridgehead atoms. The van der Waals surface area contributed by atoms with E-state index in [0.717, 1.165) is 30.5 Å². The van der Waals surface area contributed by atoms with Crippen LogP contribution in [0, 0.1) is 0 Å². The summed E-state index contributed by atoms with van der Waals surface area (Å²) < 4.78 is 1.72. The van der Waals surface area contributed by atoms with Crippen LogP contribution < -0.4 is 11.1 Å². The van der Waals surface area contributed by atoms with Gasteiger partial charge in [0.1, 0.15) is 5.82 Å². The lowest BCUT2D eigenvalue weighted by molar-refractivity contribution is 0.226. The maximum absolute atomic E-state index is 5.97. The average molecular weight is 275 g/mol. The van der Waals surface area contributed by atoms with Crippen LogP contribution in [0.1, 0.15) is 19.8 Å². The predicted octanol–water partition coefficient (Wildman–Crippen LogP) is 0.842. The van der Waals surface area contributed by atoms with Gasteiger partial charge in [0.2, 0.25) is 5.95 Å². The Labute approximate surface area is 118 Å². The van der Waals surface area contributed by atoms with E-state index < -0.39 is 0 Å². The number of hydrogen-bond donors (Lipinski definition) is 2. The fourth-order valence-corrected chi connectivity index (χ4v) is 2.75. The van der Waals surface area contributed by atoms with Gasteiger partial charge >= 0.3 is 0 Å². The van der Waals surface area contributed by atoms with Crippen molar-refractivity contribution >= 4 is 22.8 Å². The zero-order chi connectivity index (χ0) is 14.1. The van der Waals surface area contributed by atoms with Crippen LogP contribution in [-0.2, 0) is 7.05 Å². The summed E-state index contributed by atoms with van der Waals surface area (Å²) in [5, 5.41) is 8.38. The van der Waals surface area contributed by atoms with Gasteiger partial charge in [-0.1, -0.05) is 6.92 Å². The summed E-state index contributed by atoms with van der Waals surface area (Å²) in [5.41, 5.74) is 6.74. The van der Waals surface area contributed by atoms with E-state index in [4.69, 9.17) is 5.73 Å². The number of nitrogen functional groups attached to an aromatic ring is 1. The Morgan fingerprint density at radius 3 is 3.10 bits per heavy atom. The quantitative estimate of drug-likeness (QED) is 0.863. The molecular weight excluding hydrogens is 254 g/mol. The van der Waals surface area contributed by atoms with E-state index in [1.807, 2.05) is 7.05 Å². The molecule has 7 heteroatoms. The van der Waals surface area contributed by atoms with Crippen LogP contribution in [0.5, 0.6) is 0 Å². The SMILES string of the molecule is CCN1CCCC(Nc2nc(N)c3cnn(C)c3n2)C1. The van der Waals surface area contributed by atoms with Gasteiger partial charge in [-0.2, -0.15) is 15.1 Å². The Balaban J connectivity index is 1.82. The lowest BCUT2D eigenvalue weighted by atomic mass is 10.1. The van der Waals surface area contributed by atoms with Crippen LogP contribution in [0.4, 0.5) is 11.8 Å². The van der Waals surface area contributed by atoms with Crippen molar-refractivity contribution in [1.82, 2.24) is 24.6 Å². The van der Waals surface area contributed by atoms with E-state index in [9.17, 15) is 0 Å². The number of likely N-dealkylation sites (tertiary alicyclic amines) is 1. The van der Waals surface area contributed by atoms with Gasteiger partial charge in [-0.15, -0.1) is 0 Å². The van der Waals surface area contributed by atoms with Gasteiger partial charge in [-0.05, 0) is 25.9 Å². The fraction of sp³-hybridized carbons (Fsp3) is 0.615. The molecule has 1 aliphatic rings. The molecule has 0 spiro atoms. The molecule has 3 heterocycles. The van der Waals surface area contributed by atoms with Gasteiger partial charge in [0.25, 0.3) is 0 Å². The maximum atomic E-state index is 5.97. The fourth-order valence-electron chi connectivity index (χ4n) is 2.75. The number of anilines is 2. The Morgan fingerprint density at radius 1 is 1.45 bits per heavy atom. The highest BCUT2D eigenvalue weighted by Gasteiger charge is 2.20. The first-order valence-electron chi connectivity index (χ1n) is 7.11. The largest absolute Gasteiger partial charge is 0.383 e. The third-order valence-electron chi connectivity index (χ3n) is 3.91. The van der Waals surface area contributed by atoms with Gasteiger partial charge in [0.05, 0.1) is 11.6 Å². The van der Waals surface area contributed by atoms with Crippen molar-refractivity contribution in [3.05, 3.63) is 6.20 Å². The second-order valence-electron chi connectivity index (χ2n) is 5.31. The van der Waals surface area contributed by atoms with Gasteiger partial charge < -0.3 is 16.0 Å². The van der Waals surface area contributed by atoms with E-state index in [-0.39, 0.29) is 0 Å². The van der Waals surface area contributed by atoms with Crippen LogP contribution in [0.15, 0.2) is 6.20 Å². The number of hydrogen-bond acceptors (Lipinski definition) is 6. The van der Waals surface area contributed by atoms with Crippen molar-refractivity contribution in [2.24, 2.45) is 7.05 Å². The summed E-state index contributed by atoms with van der Waals surface area (Å²) in [4.78, 5) is 11.3. The second-order valence-corrected chi connectivity index (χ2v) is 5.31. The van der Waals surface area contributed by atoms with E-state index in [1.54, 1.807) is 10.9 Å². The average Bonchev–Trinajstić information content (AvgIpc) is 2.81. The molecule has 20 heavy (non-hydrogen) atoms. The third-order valence-corrected chi connectivity index (χ3v) is 3.91. The maximum Gasteiger partial charge on any atom is 0.226 e. The lowest BCUT2D eigenvalue weighted by Crippen LogP contribution is -2.42. The van der Waals surface area contributed by atoms with Gasteiger partial charge in [0, 0.05) is 19.6 Å². The van der Waals surface area contributed by atoms with E-state index >= 15 is 0 Å². The topological polar surface area (TPSA) is 84.9 Å². The molecule has 1 atom stereocenters. The van der Waals surface area contributed by atoms with Crippen molar-refractivity contribution in [2.45, 2.75) is 25.8 Å². The molecule has 108 valence electrons. The summed E-state index contributed by atoms with van der Waals surface area (Å²) in [6.45, 7) is 5.49. The minimum atomic E-state index is 0.383. The number of aryl methyl sites for hydroxylation is 1. The molecule has 2 aromatic rings. The molecule has 7 nitrogen and oxygen atoms in total. The Kier molecular flexibility index (Phi) is 3.43. The summed E-state index contributed by atoms with van der Waals surface area (Å²) in [6.07, 6.45) is 4.05. The molecule has 2 aromatic heterocycles. The van der Waals surface area contributed by atoms with Crippen molar-refractivity contribution in [3.63, 3.8) is 0 Å². The number of aromatic nitrogens is 4. The third kappa shape index (κ3) is 2.40. The zero-order valence-corrected chi connectivity index (χ0v) is 12.0. The van der Waals surface area contributed by atoms with E-state index in [0.29, 0.717) is 17.8 Å². The van der Waals surface area contributed by atoms with E-state index in [2.05, 4.69) is 32.2 Å². The molecule has 1 aliphatic heterocycles. The minimum Gasteiger partial charge on any atom is -0.383 e. The molecule has 0 aliphatic carbocycles. The Morgan fingerprint density at radius 2 is 2.30 bits per heavy atom. The number of fused-ring (bicyclic) bond motifs is 1. The summed E-state index contributed by atoms with van der Waals surface area (Å²) in [6, 6.07) is 0.383. The summed E-state index contributed by atoms with van der Waals surface area (Å²) >= 11 is 0. The molecule has 1 fully saturated rings. The van der Waals surface area contributed by atoms with Crippen molar-refractivity contribution < 1.29 is 0 Å². The predicted molar refractivity (Wildman–Crippen MR) is 79.5 cm³/mol. The first-order chi connectivity index (χ1) is 9.67. The molecule has 3 N–H and O–H groups in total. The first-order valence-corrected chi connectivity index (χ1v) is 7.11. The monoisotopic (exact) mass is 275 g/mol. The molecule has 0 aromatic carbocycles. The molecule has 1 unspecified atom stereocenters. The number of nitrogens with zero attached hydrogens (tertiary/aromatic N) is 5. The van der Waals surface area contributed by atoms with Crippen molar-refractivity contribution in [2.75, 3.05) is 30.7 Å². The van der Waals surface area contributed by atoms with Crippen molar-refractivity contribution in [3.8, 4) is 0 Å². The number of piperidine rings is 1. The summed E-state index contributed by atoms with van der Waals surface area (Å²) in [5.74, 6) is 1.08. The highest BCUT2D eigenvalue weighted by Crippen LogP contribution is 2.20. The number of rotatable bonds is 3. The molecule has 0 saturated carbocycles. The second kappa shape index (κ2) is 5.24. The number of nitrogens with one attached hydrogen (secondary N) is 1. The van der Waals surface area contributed by atoms with Gasteiger partial charge in [-0.3, -0.25) is 4.68 Å². The normalized spacial score (nSPS) is 20.4. The summed E-state index contributed by atoms with van der Waals surface area (Å²) in [7, 11) is 1.86. The Hall–Kier alpha value is -1.89. The Bertz CT molecular complexity index is 606. The molecule has 0 radical (unpaired) electrons. The highest BCUT2D eigenvalue weighted by atomic mass is 15.3. The number of nitrogens with two attached hydrogens (primary N) is 1. The smallest absolute Gasteiger partial charge is 0.226 e. The van der Waals surface area contributed by atoms with Crippen LogP contribution in [0.2, 0.25) is 0 Å². The van der Waals surface area contributed by atoms with Crippen LogP contribution in [0.3, 0.4) is 0 Å². The zero-order valence-electron chi connectivity index (χ0n) is 12.0. The van der Waals surface area contributed by atoms with E-state index in [1.165, 1.54) is 13.0 Å². The minimum absolute atomic E-state index is 0.383. The lowest BCUT2D eigenvalue weighted by Gasteiger charge is -2.32. The number of likely N-dealkylation sites (N-methyl/N-ethyl adjacent to an activating group) is 1. The molecule has 0 amide bonds.